The molecule has 1 aliphatic rings. The smallest absolute Gasteiger partial charge is 0.274 e. The van der Waals surface area contributed by atoms with Gasteiger partial charge in [0.15, 0.2) is 6.04 Å². The number of methoxy groups -OCH3 is 2. The molecule has 1 fully saturated rings. The van der Waals surface area contributed by atoms with Crippen LogP contribution >= 0.6 is 11.3 Å². The first kappa shape index (κ1) is 18.0. The Bertz CT molecular complexity index is 894. The Morgan fingerprint density at radius 2 is 2.11 bits per heavy atom. The second kappa shape index (κ2) is 7.70. The lowest BCUT2D eigenvalue weighted by atomic mass is 10.0. The van der Waals surface area contributed by atoms with Gasteiger partial charge in [0.25, 0.3) is 11.8 Å². The minimum absolute atomic E-state index is 0.106. The number of aromatic nitrogens is 2. The van der Waals surface area contributed by atoms with Crippen LogP contribution in [-0.2, 0) is 0 Å². The normalized spacial score (nSPS) is 20.6. The second-order valence-electron chi connectivity index (χ2n) is 6.77. The Morgan fingerprint density at radius 1 is 1.22 bits per heavy atom. The lowest BCUT2D eigenvalue weighted by molar-refractivity contribution is -0.948. The molecule has 0 saturated carbocycles. The molecule has 4 rings (SSSR count). The highest BCUT2D eigenvalue weighted by Crippen LogP contribution is 2.33. The Labute approximate surface area is 162 Å². The molecule has 3 aromatic rings. The van der Waals surface area contributed by atoms with Gasteiger partial charge in [-0.05, 0) is 36.6 Å². The number of nitrogens with zero attached hydrogens (tertiary/aromatic N) is 2. The van der Waals surface area contributed by atoms with E-state index < -0.39 is 0 Å². The van der Waals surface area contributed by atoms with Gasteiger partial charge in [-0.2, -0.15) is 0 Å². The van der Waals surface area contributed by atoms with Crippen LogP contribution in [0.5, 0.6) is 11.5 Å². The van der Waals surface area contributed by atoms with E-state index in [2.05, 4.69) is 23.2 Å². The van der Waals surface area contributed by atoms with Gasteiger partial charge in [-0.3, -0.25) is 0 Å². The topological polar surface area (TPSA) is 61.8 Å². The SMILES string of the molecule is COc1ccc(OC)c([C@H]2CCC[NH+]2[C@@H](C)c2nnc(-c3cccs3)o2)c1. The van der Waals surface area contributed by atoms with Crippen molar-refractivity contribution in [2.45, 2.75) is 31.8 Å². The summed E-state index contributed by atoms with van der Waals surface area (Å²) in [5.74, 6) is 3.03. The zero-order valence-electron chi connectivity index (χ0n) is 15.8. The highest BCUT2D eigenvalue weighted by molar-refractivity contribution is 7.13. The number of rotatable bonds is 6. The Hall–Kier alpha value is -2.38. The quantitative estimate of drug-likeness (QED) is 0.704. The van der Waals surface area contributed by atoms with E-state index >= 15 is 0 Å². The van der Waals surface area contributed by atoms with Crippen molar-refractivity contribution in [2.75, 3.05) is 20.8 Å². The molecular formula is C20H24N3O3S+. The average molecular weight is 386 g/mol. The summed E-state index contributed by atoms with van der Waals surface area (Å²) in [4.78, 5) is 2.42. The summed E-state index contributed by atoms with van der Waals surface area (Å²) in [7, 11) is 3.41. The molecule has 1 unspecified atom stereocenters. The van der Waals surface area contributed by atoms with Crippen LogP contribution in [-0.4, -0.2) is 31.0 Å². The van der Waals surface area contributed by atoms with E-state index in [0.717, 1.165) is 35.8 Å². The van der Waals surface area contributed by atoms with Crippen LogP contribution < -0.4 is 14.4 Å². The predicted octanol–water partition coefficient (Wildman–Crippen LogP) is 3.30. The summed E-state index contributed by atoms with van der Waals surface area (Å²) < 4.78 is 17.1. The van der Waals surface area contributed by atoms with E-state index in [4.69, 9.17) is 13.9 Å². The first-order valence-electron chi connectivity index (χ1n) is 9.16. The van der Waals surface area contributed by atoms with Crippen LogP contribution in [0.1, 0.15) is 43.3 Å². The highest BCUT2D eigenvalue weighted by atomic mass is 32.1. The van der Waals surface area contributed by atoms with Gasteiger partial charge in [0.05, 0.1) is 31.2 Å². The lowest BCUT2D eigenvalue weighted by Crippen LogP contribution is -3.10. The molecule has 1 N–H and O–H groups in total. The van der Waals surface area contributed by atoms with Gasteiger partial charge in [0.1, 0.15) is 17.5 Å². The number of quaternary nitrogens is 1. The van der Waals surface area contributed by atoms with Gasteiger partial charge in [-0.25, -0.2) is 0 Å². The zero-order valence-corrected chi connectivity index (χ0v) is 16.6. The largest absolute Gasteiger partial charge is 0.497 e. The summed E-state index contributed by atoms with van der Waals surface area (Å²) >= 11 is 1.61. The van der Waals surface area contributed by atoms with E-state index in [-0.39, 0.29) is 6.04 Å². The molecule has 0 amide bonds. The molecule has 1 saturated heterocycles. The number of nitrogens with one attached hydrogen (secondary N) is 1. The van der Waals surface area contributed by atoms with Gasteiger partial charge >= 0.3 is 0 Å². The minimum atomic E-state index is 0.106. The molecule has 1 aliphatic heterocycles. The monoisotopic (exact) mass is 386 g/mol. The maximum atomic E-state index is 6.00. The van der Waals surface area contributed by atoms with Crippen molar-refractivity contribution in [1.29, 1.82) is 0 Å². The third kappa shape index (κ3) is 3.44. The van der Waals surface area contributed by atoms with Crippen LogP contribution in [0.25, 0.3) is 10.8 Å². The molecule has 7 heteroatoms. The van der Waals surface area contributed by atoms with Crippen LogP contribution in [0, 0.1) is 0 Å². The third-order valence-corrected chi connectivity index (χ3v) is 6.18. The number of thiophene rings is 1. The van der Waals surface area contributed by atoms with E-state index in [9.17, 15) is 0 Å². The second-order valence-corrected chi connectivity index (χ2v) is 7.72. The fourth-order valence-electron chi connectivity index (χ4n) is 3.92. The molecule has 3 atom stereocenters. The maximum Gasteiger partial charge on any atom is 0.274 e. The molecule has 6 nitrogen and oxygen atoms in total. The number of likely N-dealkylation sites (tertiary alicyclic amines) is 1. The summed E-state index contributed by atoms with van der Waals surface area (Å²) in [6.07, 6.45) is 2.24. The van der Waals surface area contributed by atoms with Gasteiger partial charge in [0, 0.05) is 12.8 Å². The molecule has 0 spiro atoms. The van der Waals surface area contributed by atoms with Crippen molar-refractivity contribution in [1.82, 2.24) is 10.2 Å². The van der Waals surface area contributed by atoms with Crippen LogP contribution in [0.3, 0.4) is 0 Å². The standard InChI is InChI=1S/C20H23N3O3S/c1-13(19-21-22-20(26-19)18-7-5-11-27-18)23-10-4-6-16(23)15-12-14(24-2)8-9-17(15)25-3/h5,7-9,11-13,16H,4,6,10H2,1-3H3/p+1/t13-,16+/m0/s1. The maximum absolute atomic E-state index is 6.00. The first-order valence-corrected chi connectivity index (χ1v) is 10.0. The van der Waals surface area contributed by atoms with E-state index in [0.29, 0.717) is 17.8 Å². The zero-order chi connectivity index (χ0) is 18.8. The fourth-order valence-corrected chi connectivity index (χ4v) is 4.57. The van der Waals surface area contributed by atoms with Crippen molar-refractivity contribution >= 4 is 11.3 Å². The Kier molecular flexibility index (Phi) is 5.13. The molecular weight excluding hydrogens is 362 g/mol. The minimum Gasteiger partial charge on any atom is -0.497 e. The molecule has 2 aromatic heterocycles. The predicted molar refractivity (Wildman–Crippen MR) is 103 cm³/mol. The van der Waals surface area contributed by atoms with E-state index in [1.54, 1.807) is 25.6 Å². The van der Waals surface area contributed by atoms with Crippen molar-refractivity contribution < 1.29 is 18.8 Å². The summed E-state index contributed by atoms with van der Waals surface area (Å²) in [5, 5.41) is 10.6. The van der Waals surface area contributed by atoms with Gasteiger partial charge in [-0.15, -0.1) is 21.5 Å². The third-order valence-electron chi connectivity index (χ3n) is 5.32. The number of hydrogen-bond donors (Lipinski definition) is 1. The van der Waals surface area contributed by atoms with Gasteiger partial charge in [-0.1, -0.05) is 6.07 Å². The van der Waals surface area contributed by atoms with E-state index in [1.165, 1.54) is 10.5 Å². The number of benzene rings is 1. The van der Waals surface area contributed by atoms with E-state index in [1.807, 2.05) is 29.6 Å². The fraction of sp³-hybridized carbons (Fsp3) is 0.400. The lowest BCUT2D eigenvalue weighted by Gasteiger charge is -2.27. The molecule has 0 bridgehead atoms. The van der Waals surface area contributed by atoms with Crippen molar-refractivity contribution in [3.8, 4) is 22.3 Å². The molecule has 1 aromatic carbocycles. The number of ether oxygens (including phenoxy) is 2. The molecule has 0 radical (unpaired) electrons. The van der Waals surface area contributed by atoms with Crippen LogP contribution in [0.2, 0.25) is 0 Å². The summed E-state index contributed by atoms with van der Waals surface area (Å²) in [5.41, 5.74) is 1.18. The van der Waals surface area contributed by atoms with Crippen molar-refractivity contribution in [3.05, 3.63) is 47.2 Å². The Morgan fingerprint density at radius 3 is 2.85 bits per heavy atom. The first-order chi connectivity index (χ1) is 13.2. The summed E-state index contributed by atoms with van der Waals surface area (Å²) in [6, 6.07) is 10.4. The molecule has 142 valence electrons. The summed E-state index contributed by atoms with van der Waals surface area (Å²) in [6.45, 7) is 3.22. The van der Waals surface area contributed by atoms with Crippen molar-refractivity contribution in [2.24, 2.45) is 0 Å². The Balaban J connectivity index is 1.62. The average Bonchev–Trinajstić information content (AvgIpc) is 3.47. The molecule has 3 heterocycles. The molecule has 0 aliphatic carbocycles. The highest BCUT2D eigenvalue weighted by Gasteiger charge is 2.38. The number of hydrogen-bond acceptors (Lipinski definition) is 6. The molecule has 27 heavy (non-hydrogen) atoms. The van der Waals surface area contributed by atoms with Gasteiger partial charge in [0.2, 0.25) is 0 Å². The van der Waals surface area contributed by atoms with Crippen molar-refractivity contribution in [3.63, 3.8) is 0 Å². The van der Waals surface area contributed by atoms with Gasteiger partial charge < -0.3 is 18.8 Å². The van der Waals surface area contributed by atoms with Crippen LogP contribution in [0.15, 0.2) is 40.1 Å². The van der Waals surface area contributed by atoms with Crippen LogP contribution in [0.4, 0.5) is 0 Å².